The fourth-order valence-corrected chi connectivity index (χ4v) is 4.70. The first-order valence-electron chi connectivity index (χ1n) is 12.0. The number of likely N-dealkylation sites (tertiary alicyclic amines) is 1. The summed E-state index contributed by atoms with van der Waals surface area (Å²) in [5, 5.41) is 8.15. The number of carbonyl (C=O) groups is 1. The molecule has 1 amide bonds. The van der Waals surface area contributed by atoms with Crippen molar-refractivity contribution in [3.63, 3.8) is 0 Å². The lowest BCUT2D eigenvalue weighted by Crippen LogP contribution is -2.44. The molecule has 0 spiro atoms. The molecule has 4 aromatic rings. The first-order valence-corrected chi connectivity index (χ1v) is 12.0. The summed E-state index contributed by atoms with van der Waals surface area (Å²) in [4.78, 5) is 23.2. The number of hydrogen-bond acceptors (Lipinski definition) is 6. The molecule has 0 unspecified atom stereocenters. The molecule has 0 aliphatic carbocycles. The van der Waals surface area contributed by atoms with Gasteiger partial charge in [0.05, 0.1) is 17.6 Å². The molecule has 4 heterocycles. The van der Waals surface area contributed by atoms with Gasteiger partial charge in [0.15, 0.2) is 12.9 Å². The number of benzene rings is 1. The van der Waals surface area contributed by atoms with Crippen molar-refractivity contribution < 1.29 is 4.79 Å². The van der Waals surface area contributed by atoms with Crippen LogP contribution in [-0.4, -0.2) is 56.8 Å². The van der Waals surface area contributed by atoms with E-state index in [4.69, 9.17) is 10.7 Å². The van der Waals surface area contributed by atoms with Gasteiger partial charge in [-0.1, -0.05) is 43.2 Å². The fourth-order valence-electron chi connectivity index (χ4n) is 4.70. The molecule has 0 bridgehead atoms. The Hall–Kier alpha value is -3.72. The highest BCUT2D eigenvalue weighted by molar-refractivity contribution is 6.54. The third-order valence-corrected chi connectivity index (χ3v) is 6.73. The van der Waals surface area contributed by atoms with E-state index in [-0.39, 0.29) is 5.91 Å². The van der Waals surface area contributed by atoms with Crippen LogP contribution in [0.15, 0.2) is 54.9 Å². The predicted octanol–water partition coefficient (Wildman–Crippen LogP) is 2.52. The molecule has 1 saturated heterocycles. The Bertz CT molecular complexity index is 1330. The molecule has 177 valence electrons. The second-order valence-electron chi connectivity index (χ2n) is 8.90. The molecule has 1 aromatic carbocycles. The van der Waals surface area contributed by atoms with Crippen molar-refractivity contribution >= 4 is 30.1 Å². The maximum Gasteiger partial charge on any atom is 0.219 e. The standard InChI is InChI=1S/C26H29BN7O/c1-17(35)33-12-10-20(11-13-33)29-16-23-24(27-2)25(28)34-26(32-23)21(15-31-34)19-8-9-22(30-14-19)18-6-4-3-5-7-18/h3-9,14-15,20,29H,10-13,16,28H2,1-2H3. The van der Waals surface area contributed by atoms with E-state index in [2.05, 4.69) is 15.4 Å². The highest BCUT2D eigenvalue weighted by Gasteiger charge is 2.22. The number of nitrogens with two attached hydrogens (primary N) is 1. The number of nitrogens with one attached hydrogen (secondary N) is 1. The van der Waals surface area contributed by atoms with Crippen molar-refractivity contribution in [3.05, 3.63) is 60.6 Å². The third-order valence-electron chi connectivity index (χ3n) is 6.73. The molecule has 35 heavy (non-hydrogen) atoms. The predicted molar refractivity (Wildman–Crippen MR) is 139 cm³/mol. The van der Waals surface area contributed by atoms with Crippen LogP contribution < -0.4 is 16.5 Å². The molecule has 3 aromatic heterocycles. The third kappa shape index (κ3) is 4.64. The van der Waals surface area contributed by atoms with Crippen LogP contribution in [0.3, 0.4) is 0 Å². The van der Waals surface area contributed by atoms with E-state index in [1.165, 1.54) is 0 Å². The van der Waals surface area contributed by atoms with Crippen LogP contribution in [0.4, 0.5) is 5.82 Å². The highest BCUT2D eigenvalue weighted by Crippen LogP contribution is 2.26. The quantitative estimate of drug-likeness (QED) is 0.424. The summed E-state index contributed by atoms with van der Waals surface area (Å²) in [5.74, 6) is 0.714. The van der Waals surface area contributed by atoms with Gasteiger partial charge in [-0.15, -0.1) is 0 Å². The van der Waals surface area contributed by atoms with E-state index < -0.39 is 0 Å². The van der Waals surface area contributed by atoms with Gasteiger partial charge in [-0.3, -0.25) is 9.78 Å². The fraction of sp³-hybridized carbons (Fsp3) is 0.308. The molecule has 8 nitrogen and oxygen atoms in total. The Morgan fingerprint density at radius 3 is 2.54 bits per heavy atom. The van der Waals surface area contributed by atoms with Gasteiger partial charge in [0.2, 0.25) is 5.91 Å². The monoisotopic (exact) mass is 466 g/mol. The van der Waals surface area contributed by atoms with Crippen molar-refractivity contribution in [2.24, 2.45) is 0 Å². The lowest BCUT2D eigenvalue weighted by Gasteiger charge is -2.32. The number of fused-ring (bicyclic) bond motifs is 1. The largest absolute Gasteiger partial charge is 0.384 e. The highest BCUT2D eigenvalue weighted by atomic mass is 16.2. The Balaban J connectivity index is 1.41. The van der Waals surface area contributed by atoms with E-state index in [9.17, 15) is 4.79 Å². The van der Waals surface area contributed by atoms with Gasteiger partial charge in [-0.2, -0.15) is 9.61 Å². The normalized spacial score (nSPS) is 14.4. The number of nitrogen functional groups attached to an aromatic ring is 1. The van der Waals surface area contributed by atoms with E-state index in [1.54, 1.807) is 17.6 Å². The zero-order chi connectivity index (χ0) is 24.4. The minimum Gasteiger partial charge on any atom is -0.384 e. The molecule has 1 aliphatic heterocycles. The summed E-state index contributed by atoms with van der Waals surface area (Å²) in [6.07, 6.45) is 5.52. The van der Waals surface area contributed by atoms with Crippen LogP contribution >= 0.6 is 0 Å². The van der Waals surface area contributed by atoms with Crippen LogP contribution in [0.25, 0.3) is 28.0 Å². The van der Waals surface area contributed by atoms with Gasteiger partial charge in [0, 0.05) is 55.5 Å². The number of amides is 1. The first kappa shape index (κ1) is 23.0. The minimum absolute atomic E-state index is 0.144. The van der Waals surface area contributed by atoms with Crippen LogP contribution in [-0.2, 0) is 11.3 Å². The maximum absolute atomic E-state index is 11.6. The van der Waals surface area contributed by atoms with Gasteiger partial charge < -0.3 is 16.0 Å². The lowest BCUT2D eigenvalue weighted by molar-refractivity contribution is -0.129. The van der Waals surface area contributed by atoms with Crippen LogP contribution in [0.2, 0.25) is 6.82 Å². The average molecular weight is 466 g/mol. The van der Waals surface area contributed by atoms with Crippen LogP contribution in [0.1, 0.15) is 25.5 Å². The van der Waals surface area contributed by atoms with E-state index in [1.807, 2.05) is 67.7 Å². The summed E-state index contributed by atoms with van der Waals surface area (Å²) < 4.78 is 1.70. The molecule has 0 saturated carbocycles. The second kappa shape index (κ2) is 9.87. The number of hydrogen-bond donors (Lipinski definition) is 2. The number of aromatic nitrogens is 4. The van der Waals surface area contributed by atoms with Crippen LogP contribution in [0.5, 0.6) is 0 Å². The maximum atomic E-state index is 11.6. The Labute approximate surface area is 205 Å². The van der Waals surface area contributed by atoms with Gasteiger partial charge in [0.25, 0.3) is 0 Å². The zero-order valence-corrected chi connectivity index (χ0v) is 20.1. The summed E-state index contributed by atoms with van der Waals surface area (Å²) in [6, 6.07) is 14.5. The van der Waals surface area contributed by atoms with E-state index >= 15 is 0 Å². The van der Waals surface area contributed by atoms with Gasteiger partial charge in [-0.25, -0.2) is 4.98 Å². The van der Waals surface area contributed by atoms with Crippen molar-refractivity contribution in [3.8, 4) is 22.4 Å². The summed E-state index contributed by atoms with van der Waals surface area (Å²) in [5.41, 5.74) is 12.8. The second-order valence-corrected chi connectivity index (χ2v) is 8.90. The summed E-state index contributed by atoms with van der Waals surface area (Å²) >= 11 is 0. The lowest BCUT2D eigenvalue weighted by atomic mass is 9.72. The van der Waals surface area contributed by atoms with Crippen molar-refractivity contribution in [2.75, 3.05) is 18.8 Å². The smallest absolute Gasteiger partial charge is 0.219 e. The molecule has 1 fully saturated rings. The van der Waals surface area contributed by atoms with Crippen molar-refractivity contribution in [1.82, 2.24) is 29.8 Å². The molecule has 0 atom stereocenters. The zero-order valence-electron chi connectivity index (χ0n) is 20.1. The molecule has 1 radical (unpaired) electrons. The van der Waals surface area contributed by atoms with Gasteiger partial charge in [0.1, 0.15) is 5.82 Å². The number of piperidine rings is 1. The van der Waals surface area contributed by atoms with E-state index in [0.29, 0.717) is 24.1 Å². The van der Waals surface area contributed by atoms with Gasteiger partial charge >= 0.3 is 0 Å². The summed E-state index contributed by atoms with van der Waals surface area (Å²) in [6.45, 7) is 5.76. The summed E-state index contributed by atoms with van der Waals surface area (Å²) in [7, 11) is 1.98. The molecular formula is C26H29BN7O. The number of rotatable bonds is 6. The Morgan fingerprint density at radius 2 is 1.89 bits per heavy atom. The molecule has 3 N–H and O–H groups in total. The van der Waals surface area contributed by atoms with Crippen molar-refractivity contribution in [1.29, 1.82) is 0 Å². The van der Waals surface area contributed by atoms with E-state index in [0.717, 1.165) is 59.5 Å². The SMILES string of the molecule is C[B]c1c(CNC2CCN(C(C)=O)CC2)nc2c(-c3ccc(-c4ccccc4)nc3)cnn2c1N. The minimum atomic E-state index is 0.144. The average Bonchev–Trinajstić information content (AvgIpc) is 3.32. The number of anilines is 1. The Kier molecular flexibility index (Phi) is 6.50. The molecular weight excluding hydrogens is 437 g/mol. The number of nitrogens with zero attached hydrogens (tertiary/aromatic N) is 5. The topological polar surface area (TPSA) is 101 Å². The Morgan fingerprint density at radius 1 is 1.11 bits per heavy atom. The molecule has 5 rings (SSSR count). The number of carbonyl (C=O) groups excluding carboxylic acids is 1. The van der Waals surface area contributed by atoms with Crippen molar-refractivity contribution in [2.45, 2.75) is 39.2 Å². The van der Waals surface area contributed by atoms with Crippen LogP contribution in [0, 0.1) is 0 Å². The molecule has 9 heteroatoms. The number of pyridine rings is 1. The first-order chi connectivity index (χ1) is 17.0. The van der Waals surface area contributed by atoms with Gasteiger partial charge in [-0.05, 0) is 24.4 Å². The molecule has 1 aliphatic rings.